The Morgan fingerprint density at radius 1 is 1.48 bits per heavy atom. The zero-order valence-electron chi connectivity index (χ0n) is 12.5. The first-order chi connectivity index (χ1) is 10.1. The van der Waals surface area contributed by atoms with E-state index in [4.69, 9.17) is 9.26 Å². The summed E-state index contributed by atoms with van der Waals surface area (Å²) in [5, 5.41) is 9.51. The summed E-state index contributed by atoms with van der Waals surface area (Å²) >= 11 is 1.59. The molecule has 0 bridgehead atoms. The lowest BCUT2D eigenvalue weighted by molar-refractivity contribution is 0.387. The largest absolute Gasteiger partial charge is 0.480 e. The second-order valence-electron chi connectivity index (χ2n) is 4.96. The van der Waals surface area contributed by atoms with Gasteiger partial charge in [-0.15, -0.1) is 11.3 Å². The van der Waals surface area contributed by atoms with Crippen LogP contribution in [0.1, 0.15) is 35.7 Å². The van der Waals surface area contributed by atoms with Gasteiger partial charge in [0.1, 0.15) is 11.5 Å². The van der Waals surface area contributed by atoms with E-state index < -0.39 is 0 Å². The predicted octanol–water partition coefficient (Wildman–Crippen LogP) is 2.86. The predicted molar refractivity (Wildman–Crippen MR) is 80.9 cm³/mol. The first kappa shape index (κ1) is 14.1. The Kier molecular flexibility index (Phi) is 3.69. The van der Waals surface area contributed by atoms with E-state index >= 15 is 0 Å². The molecule has 21 heavy (non-hydrogen) atoms. The zero-order valence-corrected chi connectivity index (χ0v) is 13.3. The van der Waals surface area contributed by atoms with E-state index in [1.165, 1.54) is 0 Å². The van der Waals surface area contributed by atoms with E-state index in [1.54, 1.807) is 18.4 Å². The van der Waals surface area contributed by atoms with E-state index in [0.29, 0.717) is 12.4 Å². The molecule has 0 aromatic carbocycles. The molecule has 0 radical (unpaired) electrons. The Hall–Kier alpha value is -1.86. The summed E-state index contributed by atoms with van der Waals surface area (Å²) in [6.45, 7) is 6.65. The van der Waals surface area contributed by atoms with Gasteiger partial charge in [-0.25, -0.2) is 0 Å². The van der Waals surface area contributed by atoms with E-state index in [-0.39, 0.29) is 6.04 Å². The maximum Gasteiger partial charge on any atom is 0.237 e. The van der Waals surface area contributed by atoms with Crippen LogP contribution in [-0.2, 0) is 6.54 Å². The van der Waals surface area contributed by atoms with Crippen LogP contribution in [0.15, 0.2) is 16.1 Å². The number of nitrogens with zero attached hydrogens (tertiary/aromatic N) is 3. The second-order valence-corrected chi connectivity index (χ2v) is 5.84. The minimum atomic E-state index is 0.144. The molecule has 3 aromatic rings. The maximum atomic E-state index is 5.36. The fourth-order valence-electron chi connectivity index (χ4n) is 2.60. The quantitative estimate of drug-likeness (QED) is 0.785. The van der Waals surface area contributed by atoms with E-state index in [2.05, 4.69) is 26.8 Å². The molecule has 3 heterocycles. The number of methoxy groups -OCH3 is 1. The van der Waals surface area contributed by atoms with Crippen molar-refractivity contribution in [2.24, 2.45) is 0 Å². The topological polar surface area (TPSA) is 64.6 Å². The molecule has 3 aromatic heterocycles. The van der Waals surface area contributed by atoms with Gasteiger partial charge in [0.2, 0.25) is 5.88 Å². The maximum absolute atomic E-state index is 5.36. The van der Waals surface area contributed by atoms with Crippen molar-refractivity contribution in [3.8, 4) is 5.88 Å². The van der Waals surface area contributed by atoms with Crippen LogP contribution in [0.25, 0.3) is 4.96 Å². The minimum Gasteiger partial charge on any atom is -0.480 e. The molecule has 1 N–H and O–H groups in total. The highest BCUT2D eigenvalue weighted by atomic mass is 32.1. The van der Waals surface area contributed by atoms with Gasteiger partial charge in [0.15, 0.2) is 4.96 Å². The van der Waals surface area contributed by atoms with Gasteiger partial charge >= 0.3 is 0 Å². The highest BCUT2D eigenvalue weighted by Gasteiger charge is 2.18. The average molecular weight is 306 g/mol. The monoisotopic (exact) mass is 306 g/mol. The molecule has 0 aliphatic heterocycles. The van der Waals surface area contributed by atoms with Gasteiger partial charge in [0.25, 0.3) is 0 Å². The number of fused-ring (bicyclic) bond motifs is 1. The highest BCUT2D eigenvalue weighted by molar-refractivity contribution is 7.15. The summed E-state index contributed by atoms with van der Waals surface area (Å²) in [4.78, 5) is 5.39. The Morgan fingerprint density at radius 2 is 2.29 bits per heavy atom. The summed E-state index contributed by atoms with van der Waals surface area (Å²) in [5.74, 6) is 1.52. The SMILES string of the molecule is COc1nc2sccn2c1CNC(C)c1c(C)noc1C. The van der Waals surface area contributed by atoms with Crippen LogP contribution >= 0.6 is 11.3 Å². The number of imidazole rings is 1. The molecule has 112 valence electrons. The van der Waals surface area contributed by atoms with Crippen molar-refractivity contribution in [2.75, 3.05) is 7.11 Å². The number of aryl methyl sites for hydroxylation is 2. The Bertz CT molecular complexity index is 739. The van der Waals surface area contributed by atoms with Crippen molar-refractivity contribution in [3.63, 3.8) is 0 Å². The second kappa shape index (κ2) is 5.50. The number of hydrogen-bond acceptors (Lipinski definition) is 6. The van der Waals surface area contributed by atoms with Gasteiger partial charge in [-0.3, -0.25) is 4.40 Å². The number of thiazole rings is 1. The van der Waals surface area contributed by atoms with Crippen molar-refractivity contribution in [1.82, 2.24) is 19.9 Å². The van der Waals surface area contributed by atoms with Crippen LogP contribution in [0.5, 0.6) is 5.88 Å². The number of ether oxygens (including phenoxy) is 1. The minimum absolute atomic E-state index is 0.144. The smallest absolute Gasteiger partial charge is 0.237 e. The Balaban J connectivity index is 1.81. The molecule has 6 nitrogen and oxygen atoms in total. The number of aromatic nitrogens is 3. The van der Waals surface area contributed by atoms with Crippen LogP contribution in [0.2, 0.25) is 0 Å². The summed E-state index contributed by atoms with van der Waals surface area (Å²) in [6, 6.07) is 0.144. The molecule has 3 rings (SSSR count). The standard InChI is InChI=1S/C14H18N4O2S/c1-8(12-9(2)17-20-10(12)3)15-7-11-13(19-4)16-14-18(11)5-6-21-14/h5-6,8,15H,7H2,1-4H3. The third kappa shape index (κ3) is 2.43. The number of hydrogen-bond donors (Lipinski definition) is 1. The van der Waals surface area contributed by atoms with Crippen LogP contribution in [0, 0.1) is 13.8 Å². The molecule has 0 fully saturated rings. The van der Waals surface area contributed by atoms with Gasteiger partial charge in [0.05, 0.1) is 12.8 Å². The van der Waals surface area contributed by atoms with E-state index in [0.717, 1.165) is 27.7 Å². The summed E-state index contributed by atoms with van der Waals surface area (Å²) in [7, 11) is 1.65. The van der Waals surface area contributed by atoms with Gasteiger partial charge in [0, 0.05) is 29.7 Å². The molecule has 0 aliphatic rings. The van der Waals surface area contributed by atoms with Crippen molar-refractivity contribution >= 4 is 16.3 Å². The summed E-state index contributed by atoms with van der Waals surface area (Å²) in [5.41, 5.74) is 3.06. The molecular formula is C14H18N4O2S. The molecule has 0 spiro atoms. The van der Waals surface area contributed by atoms with Crippen LogP contribution in [0.3, 0.4) is 0 Å². The van der Waals surface area contributed by atoms with Crippen molar-refractivity contribution in [1.29, 1.82) is 0 Å². The third-order valence-electron chi connectivity index (χ3n) is 3.61. The molecule has 7 heteroatoms. The molecular weight excluding hydrogens is 288 g/mol. The first-order valence-electron chi connectivity index (χ1n) is 6.76. The van der Waals surface area contributed by atoms with Crippen LogP contribution in [-0.4, -0.2) is 21.7 Å². The molecule has 1 atom stereocenters. The molecule has 0 aliphatic carbocycles. The normalized spacial score (nSPS) is 13.0. The van der Waals surface area contributed by atoms with Crippen LogP contribution in [0.4, 0.5) is 0 Å². The first-order valence-corrected chi connectivity index (χ1v) is 7.64. The fraction of sp³-hybridized carbons (Fsp3) is 0.429. The number of nitrogens with one attached hydrogen (secondary N) is 1. The Labute approximate surface area is 126 Å². The summed E-state index contributed by atoms with van der Waals surface area (Å²) < 4.78 is 12.6. The number of rotatable bonds is 5. The molecule has 0 saturated heterocycles. The molecule has 0 saturated carbocycles. The van der Waals surface area contributed by atoms with Crippen molar-refractivity contribution in [3.05, 3.63) is 34.3 Å². The zero-order chi connectivity index (χ0) is 15.0. The van der Waals surface area contributed by atoms with Crippen LogP contribution < -0.4 is 10.1 Å². The highest BCUT2D eigenvalue weighted by Crippen LogP contribution is 2.25. The molecule has 1 unspecified atom stereocenters. The fourth-order valence-corrected chi connectivity index (χ4v) is 3.32. The van der Waals surface area contributed by atoms with Gasteiger partial charge in [-0.1, -0.05) is 5.16 Å². The average Bonchev–Trinajstić information content (AvgIpc) is 3.11. The summed E-state index contributed by atoms with van der Waals surface area (Å²) in [6.07, 6.45) is 2.01. The van der Waals surface area contributed by atoms with E-state index in [1.807, 2.05) is 25.4 Å². The van der Waals surface area contributed by atoms with Crippen molar-refractivity contribution in [2.45, 2.75) is 33.4 Å². The van der Waals surface area contributed by atoms with Gasteiger partial charge in [-0.2, -0.15) is 4.98 Å². The lowest BCUT2D eigenvalue weighted by Crippen LogP contribution is -2.20. The third-order valence-corrected chi connectivity index (χ3v) is 4.37. The molecule has 0 amide bonds. The Morgan fingerprint density at radius 3 is 2.95 bits per heavy atom. The lowest BCUT2D eigenvalue weighted by Gasteiger charge is -2.13. The van der Waals surface area contributed by atoms with Crippen molar-refractivity contribution < 1.29 is 9.26 Å². The van der Waals surface area contributed by atoms with Gasteiger partial charge in [-0.05, 0) is 20.8 Å². The van der Waals surface area contributed by atoms with E-state index in [9.17, 15) is 0 Å². The lowest BCUT2D eigenvalue weighted by atomic mass is 10.1. The van der Waals surface area contributed by atoms with Gasteiger partial charge < -0.3 is 14.6 Å².